The summed E-state index contributed by atoms with van der Waals surface area (Å²) in [6.07, 6.45) is 5.09. The lowest BCUT2D eigenvalue weighted by molar-refractivity contribution is -0.00449. The fourth-order valence-electron chi connectivity index (χ4n) is 2.24. The van der Waals surface area contributed by atoms with E-state index >= 15 is 0 Å². The molecule has 7 heteroatoms. The van der Waals surface area contributed by atoms with Gasteiger partial charge in [0.1, 0.15) is 6.10 Å². The monoisotopic (exact) mass is 300 g/mol. The highest BCUT2D eigenvalue weighted by molar-refractivity contribution is 5.93. The Morgan fingerprint density at radius 1 is 1.27 bits per heavy atom. The van der Waals surface area contributed by atoms with Gasteiger partial charge < -0.3 is 14.8 Å². The zero-order chi connectivity index (χ0) is 15.2. The second-order valence-electron chi connectivity index (χ2n) is 4.90. The number of nitrogens with one attached hydrogen (secondary N) is 1. The molecule has 0 saturated carbocycles. The molecule has 1 aliphatic rings. The molecule has 0 unspecified atom stereocenters. The molecule has 0 radical (unpaired) electrons. The number of hydrogen-bond donors (Lipinski definition) is 1. The van der Waals surface area contributed by atoms with Crippen molar-refractivity contribution >= 4 is 5.91 Å². The SMILES string of the molecule is O=C(N[C@@H]1COCC[C@H]1Oc1ccccn1)c1ccnnc1. The van der Waals surface area contributed by atoms with Crippen LogP contribution >= 0.6 is 0 Å². The Balaban J connectivity index is 1.66. The molecule has 22 heavy (non-hydrogen) atoms. The summed E-state index contributed by atoms with van der Waals surface area (Å²) in [6, 6.07) is 6.85. The van der Waals surface area contributed by atoms with Gasteiger partial charge in [0.15, 0.2) is 0 Å². The highest BCUT2D eigenvalue weighted by atomic mass is 16.5. The number of aromatic nitrogens is 3. The van der Waals surface area contributed by atoms with Crippen molar-refractivity contribution in [2.75, 3.05) is 13.2 Å². The van der Waals surface area contributed by atoms with Gasteiger partial charge in [-0.15, -0.1) is 0 Å². The molecular formula is C15H16N4O3. The van der Waals surface area contributed by atoms with Crippen molar-refractivity contribution in [1.29, 1.82) is 0 Å². The first-order valence-corrected chi connectivity index (χ1v) is 7.06. The molecule has 3 heterocycles. The van der Waals surface area contributed by atoms with Crippen LogP contribution in [0, 0.1) is 0 Å². The molecule has 2 aromatic heterocycles. The predicted octanol–water partition coefficient (Wildman–Crippen LogP) is 0.838. The third-order valence-corrected chi connectivity index (χ3v) is 3.37. The third kappa shape index (κ3) is 3.56. The lowest BCUT2D eigenvalue weighted by Gasteiger charge is -2.32. The van der Waals surface area contributed by atoms with Crippen molar-refractivity contribution in [3.63, 3.8) is 0 Å². The topological polar surface area (TPSA) is 86.2 Å². The second kappa shape index (κ2) is 6.95. The largest absolute Gasteiger partial charge is 0.472 e. The molecule has 3 rings (SSSR count). The van der Waals surface area contributed by atoms with Crippen LogP contribution in [0.15, 0.2) is 42.9 Å². The van der Waals surface area contributed by atoms with Gasteiger partial charge in [0.05, 0.1) is 37.2 Å². The highest BCUT2D eigenvalue weighted by Crippen LogP contribution is 2.16. The molecule has 1 N–H and O–H groups in total. The summed E-state index contributed by atoms with van der Waals surface area (Å²) in [5, 5.41) is 10.3. The second-order valence-corrected chi connectivity index (χ2v) is 4.90. The van der Waals surface area contributed by atoms with E-state index in [0.717, 1.165) is 0 Å². The Bertz CT molecular complexity index is 609. The lowest BCUT2D eigenvalue weighted by Crippen LogP contribution is -2.51. The zero-order valence-electron chi connectivity index (χ0n) is 11.9. The van der Waals surface area contributed by atoms with Crippen molar-refractivity contribution < 1.29 is 14.3 Å². The van der Waals surface area contributed by atoms with E-state index in [4.69, 9.17) is 9.47 Å². The molecule has 0 spiro atoms. The quantitative estimate of drug-likeness (QED) is 0.900. The van der Waals surface area contributed by atoms with Crippen LogP contribution in [0.25, 0.3) is 0 Å². The van der Waals surface area contributed by atoms with Gasteiger partial charge in [-0.25, -0.2) is 4.98 Å². The molecule has 0 bridgehead atoms. The minimum atomic E-state index is -0.239. The van der Waals surface area contributed by atoms with Crippen molar-refractivity contribution in [2.24, 2.45) is 0 Å². The Hall–Kier alpha value is -2.54. The standard InChI is InChI=1S/C15H16N4O3/c20-15(11-4-7-17-18-9-11)19-12-10-21-8-5-13(12)22-14-3-1-2-6-16-14/h1-4,6-7,9,12-13H,5,8,10H2,(H,19,20)/t12-,13-/m1/s1. The van der Waals surface area contributed by atoms with E-state index in [1.54, 1.807) is 18.3 Å². The molecule has 1 amide bonds. The number of hydrogen-bond acceptors (Lipinski definition) is 6. The average Bonchev–Trinajstić information content (AvgIpc) is 2.58. The Kier molecular flexibility index (Phi) is 4.55. The van der Waals surface area contributed by atoms with E-state index in [1.807, 2.05) is 12.1 Å². The first kappa shape index (κ1) is 14.4. The third-order valence-electron chi connectivity index (χ3n) is 3.37. The number of amides is 1. The van der Waals surface area contributed by atoms with Gasteiger partial charge in [0.2, 0.25) is 5.88 Å². The van der Waals surface area contributed by atoms with Crippen LogP contribution in [0.5, 0.6) is 5.88 Å². The van der Waals surface area contributed by atoms with Crippen LogP contribution < -0.4 is 10.1 Å². The molecule has 114 valence electrons. The molecule has 0 aromatic carbocycles. The molecule has 1 saturated heterocycles. The minimum Gasteiger partial charge on any atom is -0.472 e. The van der Waals surface area contributed by atoms with Crippen molar-refractivity contribution in [3.8, 4) is 5.88 Å². The number of carbonyl (C=O) groups is 1. The van der Waals surface area contributed by atoms with Crippen LogP contribution in [-0.2, 0) is 4.74 Å². The van der Waals surface area contributed by atoms with Crippen LogP contribution in [0.2, 0.25) is 0 Å². The maximum atomic E-state index is 12.2. The van der Waals surface area contributed by atoms with Crippen LogP contribution in [0.1, 0.15) is 16.8 Å². The fourth-order valence-corrected chi connectivity index (χ4v) is 2.24. The van der Waals surface area contributed by atoms with Gasteiger partial charge >= 0.3 is 0 Å². The maximum Gasteiger partial charge on any atom is 0.253 e. The molecule has 2 aromatic rings. The number of carbonyl (C=O) groups excluding carboxylic acids is 1. The van der Waals surface area contributed by atoms with E-state index < -0.39 is 0 Å². The molecule has 2 atom stereocenters. The number of pyridine rings is 1. The number of rotatable bonds is 4. The summed E-state index contributed by atoms with van der Waals surface area (Å²) in [5.74, 6) is 0.319. The Labute approximate surface area is 127 Å². The van der Waals surface area contributed by atoms with E-state index in [0.29, 0.717) is 31.1 Å². The minimum absolute atomic E-state index is 0.178. The van der Waals surface area contributed by atoms with E-state index in [9.17, 15) is 4.79 Å². The van der Waals surface area contributed by atoms with Crippen LogP contribution in [-0.4, -0.2) is 46.4 Å². The summed E-state index contributed by atoms with van der Waals surface area (Å²) in [6.45, 7) is 1.00. The summed E-state index contributed by atoms with van der Waals surface area (Å²) >= 11 is 0. The predicted molar refractivity (Wildman–Crippen MR) is 77.4 cm³/mol. The summed E-state index contributed by atoms with van der Waals surface area (Å²) in [7, 11) is 0. The maximum absolute atomic E-state index is 12.2. The highest BCUT2D eigenvalue weighted by Gasteiger charge is 2.29. The van der Waals surface area contributed by atoms with Gasteiger partial charge in [0.25, 0.3) is 5.91 Å². The van der Waals surface area contributed by atoms with Crippen molar-refractivity contribution in [1.82, 2.24) is 20.5 Å². The zero-order valence-corrected chi connectivity index (χ0v) is 11.9. The number of nitrogens with zero attached hydrogens (tertiary/aromatic N) is 3. The summed E-state index contributed by atoms with van der Waals surface area (Å²) < 4.78 is 11.3. The molecule has 7 nitrogen and oxygen atoms in total. The fraction of sp³-hybridized carbons (Fsp3) is 0.333. The van der Waals surface area contributed by atoms with Gasteiger partial charge in [0, 0.05) is 18.7 Å². The van der Waals surface area contributed by atoms with E-state index in [1.165, 1.54) is 12.4 Å². The van der Waals surface area contributed by atoms with Crippen molar-refractivity contribution in [3.05, 3.63) is 48.4 Å². The molecule has 1 fully saturated rings. The normalized spacial score (nSPS) is 21.1. The molecule has 0 aliphatic carbocycles. The number of ether oxygens (including phenoxy) is 2. The molecular weight excluding hydrogens is 284 g/mol. The van der Waals surface area contributed by atoms with Gasteiger partial charge in [-0.2, -0.15) is 10.2 Å². The Morgan fingerprint density at radius 2 is 2.23 bits per heavy atom. The first-order valence-electron chi connectivity index (χ1n) is 7.06. The van der Waals surface area contributed by atoms with Gasteiger partial charge in [-0.3, -0.25) is 4.79 Å². The van der Waals surface area contributed by atoms with Crippen molar-refractivity contribution in [2.45, 2.75) is 18.6 Å². The lowest BCUT2D eigenvalue weighted by atomic mass is 10.1. The summed E-state index contributed by atoms with van der Waals surface area (Å²) in [5.41, 5.74) is 0.456. The van der Waals surface area contributed by atoms with Crippen LogP contribution in [0.4, 0.5) is 0 Å². The van der Waals surface area contributed by atoms with E-state index in [2.05, 4.69) is 20.5 Å². The van der Waals surface area contributed by atoms with Gasteiger partial charge in [-0.05, 0) is 12.1 Å². The van der Waals surface area contributed by atoms with Crippen LogP contribution in [0.3, 0.4) is 0 Å². The smallest absolute Gasteiger partial charge is 0.253 e. The molecule has 1 aliphatic heterocycles. The Morgan fingerprint density at radius 3 is 3.00 bits per heavy atom. The average molecular weight is 300 g/mol. The first-order chi connectivity index (χ1) is 10.8. The summed E-state index contributed by atoms with van der Waals surface area (Å²) in [4.78, 5) is 16.4. The van der Waals surface area contributed by atoms with Gasteiger partial charge in [-0.1, -0.05) is 6.07 Å². The van der Waals surface area contributed by atoms with E-state index in [-0.39, 0.29) is 18.1 Å².